The Morgan fingerprint density at radius 2 is 1.04 bits per heavy atom. The van der Waals surface area contributed by atoms with Crippen LogP contribution < -0.4 is 5.32 Å². The summed E-state index contributed by atoms with van der Waals surface area (Å²) in [7, 11) is 0. The molecule has 2 atom stereocenters. The molecule has 0 aliphatic rings. The fraction of sp³-hybridized carbons (Fsp3) is 0.222. The van der Waals surface area contributed by atoms with Crippen LogP contribution in [0.2, 0.25) is 0 Å². The lowest BCUT2D eigenvalue weighted by Crippen LogP contribution is -2.39. The summed E-state index contributed by atoms with van der Waals surface area (Å²) in [4.78, 5) is 19.5. The Bertz CT molecular complexity index is 590. The van der Waals surface area contributed by atoms with Crippen molar-refractivity contribution in [2.45, 2.75) is 25.3 Å². The first-order valence-electron chi connectivity index (χ1n) is 7.52. The molecule has 0 saturated carbocycles. The number of carboxylic acids is 2. The van der Waals surface area contributed by atoms with Crippen LogP contribution in [-0.4, -0.2) is 44.6 Å². The van der Waals surface area contributed by atoms with Gasteiger partial charge in [-0.05, 0) is 11.1 Å². The van der Waals surface area contributed by atoms with Gasteiger partial charge < -0.3 is 25.7 Å². The number of hydrogen-bond donors (Lipinski definition) is 5. The third-order valence-corrected chi connectivity index (χ3v) is 3.15. The number of aliphatic carboxylic acids is 2. The van der Waals surface area contributed by atoms with Crippen molar-refractivity contribution in [1.29, 1.82) is 0 Å². The van der Waals surface area contributed by atoms with E-state index >= 15 is 0 Å². The van der Waals surface area contributed by atoms with Crippen LogP contribution in [0, 0.1) is 0 Å². The molecule has 0 radical (unpaired) electrons. The summed E-state index contributed by atoms with van der Waals surface area (Å²) in [5.74, 6) is -3.54. The van der Waals surface area contributed by atoms with E-state index in [0.717, 1.165) is 13.1 Å². The Hall–Kier alpha value is -2.74. The third-order valence-electron chi connectivity index (χ3n) is 3.15. The normalized spacial score (nSPS) is 12.4. The number of carboxylic acid groups (broad SMARTS) is 2. The summed E-state index contributed by atoms with van der Waals surface area (Å²) >= 11 is 0. The molecule has 25 heavy (non-hydrogen) atoms. The van der Waals surface area contributed by atoms with E-state index in [0.29, 0.717) is 0 Å². The molecule has 0 bridgehead atoms. The lowest BCUT2D eigenvalue weighted by atomic mass is 10.2. The molecule has 2 aromatic carbocycles. The Morgan fingerprint density at radius 1 is 0.720 bits per heavy atom. The molecule has 7 heteroatoms. The lowest BCUT2D eigenvalue weighted by molar-refractivity contribution is -0.165. The van der Waals surface area contributed by atoms with E-state index in [4.69, 9.17) is 20.4 Å². The minimum absolute atomic E-state index is 0.926. The van der Waals surface area contributed by atoms with Crippen molar-refractivity contribution >= 4 is 11.9 Å². The van der Waals surface area contributed by atoms with Gasteiger partial charge in [-0.25, -0.2) is 9.59 Å². The van der Waals surface area contributed by atoms with Crippen molar-refractivity contribution in [3.05, 3.63) is 71.8 Å². The number of aliphatic hydroxyl groups excluding tert-OH is 2. The molecule has 0 aromatic heterocycles. The molecule has 0 saturated heterocycles. The van der Waals surface area contributed by atoms with E-state index in [1.165, 1.54) is 11.1 Å². The molecule has 0 spiro atoms. The number of rotatable bonds is 7. The predicted octanol–water partition coefficient (Wildman–Crippen LogP) is 0.854. The van der Waals surface area contributed by atoms with Gasteiger partial charge in [0, 0.05) is 13.1 Å². The average molecular weight is 347 g/mol. The molecule has 134 valence electrons. The second-order valence-electron chi connectivity index (χ2n) is 5.14. The van der Waals surface area contributed by atoms with Crippen molar-refractivity contribution in [3.8, 4) is 0 Å². The zero-order valence-corrected chi connectivity index (χ0v) is 13.4. The van der Waals surface area contributed by atoms with Crippen molar-refractivity contribution in [2.75, 3.05) is 0 Å². The van der Waals surface area contributed by atoms with Crippen LogP contribution in [0.5, 0.6) is 0 Å². The highest BCUT2D eigenvalue weighted by Gasteiger charge is 2.29. The molecule has 2 rings (SSSR count). The van der Waals surface area contributed by atoms with E-state index in [-0.39, 0.29) is 0 Å². The first-order valence-corrected chi connectivity index (χ1v) is 7.52. The Kier molecular flexibility index (Phi) is 8.87. The van der Waals surface area contributed by atoms with Crippen LogP contribution in [0.25, 0.3) is 0 Å². The van der Waals surface area contributed by atoms with Gasteiger partial charge in [-0.15, -0.1) is 0 Å². The Labute approximate surface area is 145 Å². The van der Waals surface area contributed by atoms with Gasteiger partial charge in [0.15, 0.2) is 12.2 Å². The smallest absolute Gasteiger partial charge is 0.335 e. The molecular weight excluding hydrogens is 326 g/mol. The Balaban J connectivity index is 0.000000275. The molecule has 0 aliphatic heterocycles. The van der Waals surface area contributed by atoms with Crippen LogP contribution >= 0.6 is 0 Å². The van der Waals surface area contributed by atoms with Crippen LogP contribution in [-0.2, 0) is 22.7 Å². The highest BCUT2D eigenvalue weighted by molar-refractivity contribution is 5.83. The highest BCUT2D eigenvalue weighted by atomic mass is 16.4. The zero-order valence-electron chi connectivity index (χ0n) is 13.4. The third kappa shape index (κ3) is 8.07. The Morgan fingerprint density at radius 3 is 1.32 bits per heavy atom. The summed E-state index contributed by atoms with van der Waals surface area (Å²) < 4.78 is 0. The fourth-order valence-electron chi connectivity index (χ4n) is 1.81. The molecule has 2 aromatic rings. The lowest BCUT2D eigenvalue weighted by Gasteiger charge is -2.07. The first-order chi connectivity index (χ1) is 11.9. The van der Waals surface area contributed by atoms with Gasteiger partial charge in [-0.2, -0.15) is 0 Å². The highest BCUT2D eigenvalue weighted by Crippen LogP contribution is 2.00. The number of nitrogens with one attached hydrogen (secondary N) is 1. The molecular formula is C18H21NO6. The SMILES string of the molecule is O=C(O)C(O)C(O)C(=O)O.c1ccc(CNCc2ccccc2)cc1. The van der Waals surface area contributed by atoms with Gasteiger partial charge in [0.25, 0.3) is 0 Å². The van der Waals surface area contributed by atoms with Gasteiger partial charge in [0.1, 0.15) is 0 Å². The van der Waals surface area contributed by atoms with Crippen LogP contribution in [0.4, 0.5) is 0 Å². The molecule has 5 N–H and O–H groups in total. The molecule has 0 aliphatic carbocycles. The van der Waals surface area contributed by atoms with E-state index in [2.05, 4.69) is 53.8 Å². The largest absolute Gasteiger partial charge is 0.479 e. The average Bonchev–Trinajstić information content (AvgIpc) is 2.62. The maximum absolute atomic E-state index is 9.77. The molecule has 0 amide bonds. The summed E-state index contributed by atoms with van der Waals surface area (Å²) in [5.41, 5.74) is 2.65. The number of benzene rings is 2. The second-order valence-corrected chi connectivity index (χ2v) is 5.14. The van der Waals surface area contributed by atoms with Crippen molar-refractivity contribution in [2.24, 2.45) is 0 Å². The summed E-state index contributed by atoms with van der Waals surface area (Å²) in [6.45, 7) is 1.85. The van der Waals surface area contributed by atoms with Gasteiger partial charge in [-0.1, -0.05) is 60.7 Å². The minimum atomic E-state index is -2.27. The fourth-order valence-corrected chi connectivity index (χ4v) is 1.81. The molecule has 2 unspecified atom stereocenters. The molecule has 7 nitrogen and oxygen atoms in total. The number of carbonyl (C=O) groups is 2. The van der Waals surface area contributed by atoms with Crippen molar-refractivity contribution < 1.29 is 30.0 Å². The van der Waals surface area contributed by atoms with Gasteiger partial charge in [0.05, 0.1) is 0 Å². The first kappa shape index (κ1) is 20.3. The second kappa shape index (κ2) is 10.9. The summed E-state index contributed by atoms with van der Waals surface area (Å²) in [6.07, 6.45) is -4.53. The van der Waals surface area contributed by atoms with Crippen molar-refractivity contribution in [3.63, 3.8) is 0 Å². The topological polar surface area (TPSA) is 127 Å². The van der Waals surface area contributed by atoms with Gasteiger partial charge >= 0.3 is 11.9 Å². The van der Waals surface area contributed by atoms with Crippen LogP contribution in [0.15, 0.2) is 60.7 Å². The van der Waals surface area contributed by atoms with E-state index in [1.54, 1.807) is 0 Å². The maximum Gasteiger partial charge on any atom is 0.335 e. The predicted molar refractivity (Wildman–Crippen MR) is 90.7 cm³/mol. The van der Waals surface area contributed by atoms with Gasteiger partial charge in [0.2, 0.25) is 0 Å². The van der Waals surface area contributed by atoms with E-state index in [1.807, 2.05) is 12.1 Å². The summed E-state index contributed by atoms with van der Waals surface area (Å²) in [5, 5.41) is 35.9. The molecule has 0 fully saturated rings. The summed E-state index contributed by atoms with van der Waals surface area (Å²) in [6, 6.07) is 20.9. The molecule has 0 heterocycles. The minimum Gasteiger partial charge on any atom is -0.479 e. The number of hydrogen-bond acceptors (Lipinski definition) is 5. The standard InChI is InChI=1S/C14H15N.C4H6O6/c1-3-7-13(8-4-1)11-15-12-14-9-5-2-6-10-14;5-1(3(7)8)2(6)4(9)10/h1-10,15H,11-12H2;1-2,5-6H,(H,7,8)(H,9,10). The van der Waals surface area contributed by atoms with Crippen molar-refractivity contribution in [1.82, 2.24) is 5.32 Å². The maximum atomic E-state index is 9.77. The van der Waals surface area contributed by atoms with Gasteiger partial charge in [-0.3, -0.25) is 0 Å². The van der Waals surface area contributed by atoms with E-state index < -0.39 is 24.1 Å². The zero-order chi connectivity index (χ0) is 18.7. The monoisotopic (exact) mass is 347 g/mol. The van der Waals surface area contributed by atoms with Crippen LogP contribution in [0.1, 0.15) is 11.1 Å². The number of aliphatic hydroxyl groups is 2. The van der Waals surface area contributed by atoms with Crippen LogP contribution in [0.3, 0.4) is 0 Å². The van der Waals surface area contributed by atoms with E-state index in [9.17, 15) is 9.59 Å². The quantitative estimate of drug-likeness (QED) is 0.502.